The summed E-state index contributed by atoms with van der Waals surface area (Å²) in [5.74, 6) is -2.78. The number of fused-ring (bicyclic) bond motifs is 1. The topological polar surface area (TPSA) is 230 Å². The number of hydrogen-bond donors (Lipinski definition) is 6. The van der Waals surface area contributed by atoms with E-state index in [-0.39, 0.29) is 32.6 Å². The van der Waals surface area contributed by atoms with Gasteiger partial charge in [0.25, 0.3) is 17.4 Å². The van der Waals surface area contributed by atoms with Gasteiger partial charge in [0.05, 0.1) is 0 Å². The number of β-lactam (4-membered cyclic amide) rings is 1. The van der Waals surface area contributed by atoms with Crippen LogP contribution >= 0.6 is 46.5 Å². The fourth-order valence-corrected chi connectivity index (χ4v) is 6.29. The molecule has 14 nitrogen and oxygen atoms in total. The summed E-state index contributed by atoms with van der Waals surface area (Å²) < 4.78 is 0.0208. The zero-order valence-electron chi connectivity index (χ0n) is 17.7. The molecule has 18 heteroatoms. The number of halogens is 1. The van der Waals surface area contributed by atoms with E-state index >= 15 is 0 Å². The standard InChI is InChI=1S/C18H15ClN8O6S3/c19-12-8(25-18(21)36-12)9(26-33)13(29)24-10-14(30)27-11(16(31)32)5(4-35-15(10)27)1-2-34-7-3-6(28)22-17(20)23-7/h1-3,10,15,33H,4H2,(H2,21,25)(H,24,29)(H,31,32)(H3,20,22,23,28)/b2-1+,26-9-/t10-,15-/m1/s1. The molecule has 2 atom stereocenters. The maximum Gasteiger partial charge on any atom is 0.352 e. The van der Waals surface area contributed by atoms with Crippen molar-refractivity contribution >= 4 is 81.0 Å². The van der Waals surface area contributed by atoms with Gasteiger partial charge in [0.2, 0.25) is 5.95 Å². The molecule has 1 saturated heterocycles. The van der Waals surface area contributed by atoms with Gasteiger partial charge in [0.15, 0.2) is 10.8 Å². The molecule has 2 amide bonds. The van der Waals surface area contributed by atoms with Crippen molar-refractivity contribution in [2.24, 2.45) is 5.16 Å². The molecule has 0 unspecified atom stereocenters. The van der Waals surface area contributed by atoms with Crippen LogP contribution in [0.1, 0.15) is 5.69 Å². The minimum absolute atomic E-state index is 0.0208. The van der Waals surface area contributed by atoms with Gasteiger partial charge in [-0.25, -0.2) is 14.8 Å². The van der Waals surface area contributed by atoms with E-state index in [0.717, 1.165) is 28.0 Å². The van der Waals surface area contributed by atoms with Crippen LogP contribution in [0.15, 0.2) is 43.8 Å². The summed E-state index contributed by atoms with van der Waals surface area (Å²) in [6, 6.07) is 0.152. The lowest BCUT2D eigenvalue weighted by atomic mass is 10.0. The van der Waals surface area contributed by atoms with E-state index in [0.29, 0.717) is 10.6 Å². The molecular formula is C18H15ClN8O6S3. The van der Waals surface area contributed by atoms with Crippen LogP contribution in [-0.4, -0.2) is 70.8 Å². The number of carboxylic acid groups (broad SMARTS) is 1. The number of thiazole rings is 1. The minimum Gasteiger partial charge on any atom is -0.477 e. The zero-order chi connectivity index (χ0) is 26.1. The van der Waals surface area contributed by atoms with Crippen molar-refractivity contribution < 1.29 is 24.7 Å². The highest BCUT2D eigenvalue weighted by Gasteiger charge is 2.54. The number of carbonyl (C=O) groups is 3. The van der Waals surface area contributed by atoms with E-state index in [1.54, 1.807) is 0 Å². The van der Waals surface area contributed by atoms with Gasteiger partial charge in [0.1, 0.15) is 32.2 Å². The highest BCUT2D eigenvalue weighted by molar-refractivity contribution is 8.02. The molecule has 0 aliphatic carbocycles. The van der Waals surface area contributed by atoms with Gasteiger partial charge in [-0.15, -0.1) is 11.8 Å². The van der Waals surface area contributed by atoms with Crippen molar-refractivity contribution in [3.63, 3.8) is 0 Å². The number of carbonyl (C=O) groups excluding carboxylic acids is 2. The number of aliphatic carboxylic acids is 1. The number of H-pyrrole nitrogens is 1. The van der Waals surface area contributed by atoms with Crippen LogP contribution in [0, 0.1) is 0 Å². The number of aromatic amines is 1. The van der Waals surface area contributed by atoms with Crippen molar-refractivity contribution in [3.05, 3.63) is 49.2 Å². The monoisotopic (exact) mass is 570 g/mol. The van der Waals surface area contributed by atoms with E-state index in [2.05, 4.69) is 25.4 Å². The predicted molar refractivity (Wildman–Crippen MR) is 134 cm³/mol. The summed E-state index contributed by atoms with van der Waals surface area (Å²) in [4.78, 5) is 60.1. The van der Waals surface area contributed by atoms with Gasteiger partial charge >= 0.3 is 5.97 Å². The summed E-state index contributed by atoms with van der Waals surface area (Å²) >= 11 is 9.11. The number of nitrogens with one attached hydrogen (secondary N) is 2. The summed E-state index contributed by atoms with van der Waals surface area (Å²) in [5.41, 5.74) is 10.0. The Morgan fingerprint density at radius 3 is 2.72 bits per heavy atom. The summed E-state index contributed by atoms with van der Waals surface area (Å²) in [7, 11) is 0. The quantitative estimate of drug-likeness (QED) is 0.0657. The number of oxime groups is 1. The molecule has 36 heavy (non-hydrogen) atoms. The van der Waals surface area contributed by atoms with E-state index in [4.69, 9.17) is 23.1 Å². The highest BCUT2D eigenvalue weighted by atomic mass is 35.5. The Morgan fingerprint density at radius 2 is 2.11 bits per heavy atom. The number of thioether (sulfide) groups is 2. The van der Waals surface area contributed by atoms with Gasteiger partial charge in [-0.1, -0.05) is 39.9 Å². The van der Waals surface area contributed by atoms with Crippen LogP contribution in [0.5, 0.6) is 0 Å². The number of aromatic nitrogens is 3. The molecule has 0 radical (unpaired) electrons. The van der Waals surface area contributed by atoms with E-state index in [1.807, 2.05) is 0 Å². The number of nitrogens with two attached hydrogens (primary N) is 2. The van der Waals surface area contributed by atoms with Gasteiger partial charge in [0, 0.05) is 11.8 Å². The van der Waals surface area contributed by atoms with Gasteiger partial charge < -0.3 is 27.1 Å². The first-order chi connectivity index (χ1) is 17.1. The maximum absolute atomic E-state index is 12.8. The Bertz CT molecular complexity index is 1420. The highest BCUT2D eigenvalue weighted by Crippen LogP contribution is 2.41. The minimum atomic E-state index is -1.33. The Morgan fingerprint density at radius 1 is 1.36 bits per heavy atom. The number of amides is 2. The fraction of sp³-hybridized carbons (Fsp3) is 0.167. The molecule has 2 aliphatic heterocycles. The Balaban J connectivity index is 1.50. The third-order valence-corrected chi connectivity index (χ3v) is 7.93. The normalized spacial score (nSPS) is 19.9. The smallest absolute Gasteiger partial charge is 0.352 e. The molecule has 0 spiro atoms. The Hall–Kier alpha value is -3.54. The summed E-state index contributed by atoms with van der Waals surface area (Å²) in [6.07, 6.45) is 1.50. The lowest BCUT2D eigenvalue weighted by Gasteiger charge is -2.49. The average Bonchev–Trinajstić information content (AvgIpc) is 3.14. The Labute approximate surface area is 218 Å². The molecule has 2 aromatic heterocycles. The first-order valence-corrected chi connectivity index (χ1v) is 12.8. The molecule has 4 rings (SSSR count). The van der Waals surface area contributed by atoms with Gasteiger partial charge in [-0.2, -0.15) is 0 Å². The maximum atomic E-state index is 12.8. The molecule has 0 aromatic carbocycles. The van der Waals surface area contributed by atoms with Crippen molar-refractivity contribution in [3.8, 4) is 0 Å². The molecule has 2 aliphatic rings. The SMILES string of the molecule is Nc1nc(S/C=C/C2=C(C(=O)O)N3C(=O)[C@@H](NC(=O)/C(=N\O)c4nc(N)sc4Cl)[C@H]3SC2)cc(=O)[nH]1. The molecule has 0 saturated carbocycles. The molecule has 188 valence electrons. The van der Waals surface area contributed by atoms with Crippen LogP contribution in [0.25, 0.3) is 0 Å². The second-order valence-corrected chi connectivity index (χ2v) is 10.7. The second kappa shape index (κ2) is 10.2. The number of hydrogen-bond acceptors (Lipinski definition) is 13. The lowest BCUT2D eigenvalue weighted by molar-refractivity contribution is -0.150. The number of nitrogens with zero attached hydrogens (tertiary/aromatic N) is 4. The molecule has 1 fully saturated rings. The number of rotatable bonds is 7. The fourth-order valence-electron chi connectivity index (χ4n) is 3.34. The third kappa shape index (κ3) is 4.90. The number of carboxylic acids is 1. The predicted octanol–water partition coefficient (Wildman–Crippen LogP) is 0.267. The van der Waals surface area contributed by atoms with Crippen molar-refractivity contribution in [2.75, 3.05) is 17.2 Å². The van der Waals surface area contributed by atoms with Gasteiger partial charge in [-0.3, -0.25) is 24.3 Å². The summed E-state index contributed by atoms with van der Waals surface area (Å²) in [6.45, 7) is 0. The summed E-state index contributed by atoms with van der Waals surface area (Å²) in [5, 5.41) is 25.6. The molecule has 8 N–H and O–H groups in total. The first kappa shape index (κ1) is 25.5. The molecule has 4 heterocycles. The van der Waals surface area contributed by atoms with E-state index in [9.17, 15) is 29.5 Å². The van der Waals surface area contributed by atoms with Crippen LogP contribution in [0.2, 0.25) is 4.34 Å². The molecule has 0 bridgehead atoms. The molecule has 2 aromatic rings. The number of nitrogen functional groups attached to an aromatic ring is 2. The van der Waals surface area contributed by atoms with Crippen LogP contribution in [0.4, 0.5) is 11.1 Å². The zero-order valence-corrected chi connectivity index (χ0v) is 20.9. The largest absolute Gasteiger partial charge is 0.477 e. The first-order valence-electron chi connectivity index (χ1n) is 9.67. The van der Waals surface area contributed by atoms with E-state index in [1.165, 1.54) is 29.3 Å². The van der Waals surface area contributed by atoms with Crippen molar-refractivity contribution in [1.29, 1.82) is 0 Å². The van der Waals surface area contributed by atoms with E-state index < -0.39 is 40.5 Å². The van der Waals surface area contributed by atoms with Crippen LogP contribution < -0.4 is 22.3 Å². The lowest BCUT2D eigenvalue weighted by Crippen LogP contribution is -2.71. The number of anilines is 2. The van der Waals surface area contributed by atoms with Crippen LogP contribution in [-0.2, 0) is 14.4 Å². The van der Waals surface area contributed by atoms with Gasteiger partial charge in [-0.05, 0) is 17.1 Å². The second-order valence-electron chi connectivity index (χ2n) is 7.05. The van der Waals surface area contributed by atoms with Crippen molar-refractivity contribution in [1.82, 2.24) is 25.2 Å². The van der Waals surface area contributed by atoms with Crippen molar-refractivity contribution in [2.45, 2.75) is 16.4 Å². The Kier molecular flexibility index (Phi) is 7.25. The van der Waals surface area contributed by atoms with Crippen LogP contribution in [0.3, 0.4) is 0 Å². The number of allylic oxidation sites excluding steroid dienone is 1. The average molecular weight is 571 g/mol. The molecular weight excluding hydrogens is 556 g/mol. The third-order valence-electron chi connectivity index (χ3n) is 4.82.